The molecule has 0 saturated carbocycles. The molecule has 0 bridgehead atoms. The lowest BCUT2D eigenvalue weighted by molar-refractivity contribution is 0.308. The highest BCUT2D eigenvalue weighted by atomic mass is 16.5. The van der Waals surface area contributed by atoms with Crippen LogP contribution in [0, 0.1) is 0 Å². The lowest BCUT2D eigenvalue weighted by atomic mass is 10.5. The second kappa shape index (κ2) is 2.90. The third-order valence-corrected chi connectivity index (χ3v) is 0.918. The van der Waals surface area contributed by atoms with Crippen LogP contribution >= 0.6 is 0 Å². The van der Waals surface area contributed by atoms with E-state index in [1.807, 2.05) is 0 Å². The Hall–Kier alpha value is -1.27. The summed E-state index contributed by atoms with van der Waals surface area (Å²) in [5, 5.41) is 0. The molecule has 0 aromatic heterocycles. The second-order valence-electron chi connectivity index (χ2n) is 1.49. The molecule has 2 nitrogen and oxygen atoms in total. The van der Waals surface area contributed by atoms with Crippen LogP contribution in [0.1, 0.15) is 0 Å². The molecule has 0 fully saturated rings. The van der Waals surface area contributed by atoms with Gasteiger partial charge in [-0.25, -0.2) is 0 Å². The van der Waals surface area contributed by atoms with E-state index in [1.54, 1.807) is 31.7 Å². The van der Waals surface area contributed by atoms with Gasteiger partial charge in [0.2, 0.25) is 0 Å². The molecular formula is C7H7NO. The molecule has 0 aliphatic carbocycles. The molecule has 0 radical (unpaired) electrons. The number of ether oxygens (including phenoxy) is 1. The maximum atomic E-state index is 4.88. The fourth-order valence-electron chi connectivity index (χ4n) is 0.498. The van der Waals surface area contributed by atoms with E-state index in [9.17, 15) is 0 Å². The van der Waals surface area contributed by atoms with Crippen molar-refractivity contribution in [1.82, 2.24) is 0 Å². The molecule has 1 rings (SSSR count). The van der Waals surface area contributed by atoms with Crippen molar-refractivity contribution in [3.05, 3.63) is 29.8 Å². The van der Waals surface area contributed by atoms with Gasteiger partial charge in [-0.2, -0.15) is 0 Å². The van der Waals surface area contributed by atoms with Crippen LogP contribution in [-0.2, 0) is 4.74 Å². The zero-order valence-electron chi connectivity index (χ0n) is 5.16. The molecule has 0 atom stereocenters. The van der Waals surface area contributed by atoms with E-state index >= 15 is 0 Å². The molecule has 0 aromatic carbocycles. The number of methoxy groups -OCH3 is 1. The summed E-state index contributed by atoms with van der Waals surface area (Å²) in [6, 6.07) is 0. The van der Waals surface area contributed by atoms with E-state index in [-0.39, 0.29) is 0 Å². The van der Waals surface area contributed by atoms with Gasteiger partial charge in [-0.05, 0) is 0 Å². The van der Waals surface area contributed by atoms with Crippen molar-refractivity contribution >= 4 is 6.21 Å². The molecule has 0 spiro atoms. The van der Waals surface area contributed by atoms with Crippen molar-refractivity contribution < 1.29 is 4.74 Å². The Morgan fingerprint density at radius 1 is 1.67 bits per heavy atom. The van der Waals surface area contributed by atoms with E-state index < -0.39 is 0 Å². The standard InChI is InChI=1S/C7H7NO/c1-9-7-3-2-5-8-6-4-7/h2,4-6H,1H3. The van der Waals surface area contributed by atoms with Crippen molar-refractivity contribution in [2.24, 2.45) is 4.99 Å². The van der Waals surface area contributed by atoms with Gasteiger partial charge in [-0.3, -0.25) is 4.99 Å². The van der Waals surface area contributed by atoms with E-state index in [1.165, 1.54) is 0 Å². The van der Waals surface area contributed by atoms with Gasteiger partial charge >= 0.3 is 0 Å². The van der Waals surface area contributed by atoms with Crippen LogP contribution in [0.2, 0.25) is 0 Å². The van der Waals surface area contributed by atoms with Gasteiger partial charge in [0.25, 0.3) is 0 Å². The van der Waals surface area contributed by atoms with Crippen molar-refractivity contribution in [2.45, 2.75) is 0 Å². The average molecular weight is 121 g/mol. The highest BCUT2D eigenvalue weighted by molar-refractivity contribution is 5.72. The van der Waals surface area contributed by atoms with Crippen LogP contribution in [0.4, 0.5) is 0 Å². The number of hydrogen-bond acceptors (Lipinski definition) is 2. The number of allylic oxidation sites excluding steroid dienone is 1. The summed E-state index contributed by atoms with van der Waals surface area (Å²) in [5.74, 6) is 0.701. The Bertz CT molecular complexity index is 207. The molecule has 0 unspecified atom stereocenters. The summed E-state index contributed by atoms with van der Waals surface area (Å²) in [7, 11) is 1.60. The van der Waals surface area contributed by atoms with Gasteiger partial charge in [0.15, 0.2) is 5.76 Å². The average Bonchev–Trinajstić information content (AvgIpc) is 2.13. The minimum absolute atomic E-state index is 0.701. The maximum Gasteiger partial charge on any atom is 0.163 e. The Balaban J connectivity index is 2.84. The number of nitrogens with zero attached hydrogens (tertiary/aromatic N) is 1. The van der Waals surface area contributed by atoms with Crippen LogP contribution in [0.25, 0.3) is 0 Å². The monoisotopic (exact) mass is 121 g/mol. The molecule has 0 N–H and O–H groups in total. The normalized spacial score (nSPS) is 15.0. The number of hydrogen-bond donors (Lipinski definition) is 0. The molecule has 1 heterocycles. The molecule has 1 aliphatic rings. The Kier molecular flexibility index (Phi) is 1.89. The van der Waals surface area contributed by atoms with Gasteiger partial charge in [-0.15, -0.1) is 0 Å². The zero-order chi connectivity index (χ0) is 6.53. The van der Waals surface area contributed by atoms with Crippen LogP contribution in [0.15, 0.2) is 34.8 Å². The van der Waals surface area contributed by atoms with Crippen molar-refractivity contribution in [3.8, 4) is 0 Å². The topological polar surface area (TPSA) is 21.6 Å². The van der Waals surface area contributed by atoms with E-state index in [0.29, 0.717) is 5.76 Å². The Morgan fingerprint density at radius 3 is 3.33 bits per heavy atom. The minimum Gasteiger partial charge on any atom is -0.489 e. The number of rotatable bonds is 1. The predicted molar refractivity (Wildman–Crippen MR) is 36.2 cm³/mol. The lowest BCUT2D eigenvalue weighted by Crippen LogP contribution is -1.75. The molecular weight excluding hydrogens is 114 g/mol. The lowest BCUT2D eigenvalue weighted by Gasteiger charge is -1.90. The van der Waals surface area contributed by atoms with Crippen molar-refractivity contribution in [3.63, 3.8) is 0 Å². The highest BCUT2D eigenvalue weighted by Crippen LogP contribution is 1.96. The first-order chi connectivity index (χ1) is 4.43. The largest absolute Gasteiger partial charge is 0.489 e. The Morgan fingerprint density at radius 2 is 2.56 bits per heavy atom. The second-order valence-corrected chi connectivity index (χ2v) is 1.49. The van der Waals surface area contributed by atoms with Crippen molar-refractivity contribution in [2.75, 3.05) is 7.11 Å². The van der Waals surface area contributed by atoms with Crippen LogP contribution in [0.5, 0.6) is 0 Å². The molecule has 0 amide bonds. The van der Waals surface area contributed by atoms with Gasteiger partial charge < -0.3 is 4.74 Å². The van der Waals surface area contributed by atoms with Gasteiger partial charge in [0.1, 0.15) is 0 Å². The van der Waals surface area contributed by atoms with Crippen molar-refractivity contribution in [1.29, 1.82) is 0 Å². The number of aliphatic imine (C=N–C) groups is 1. The van der Waals surface area contributed by atoms with Crippen LogP contribution < -0.4 is 0 Å². The third kappa shape index (κ3) is 1.59. The fourth-order valence-corrected chi connectivity index (χ4v) is 0.498. The SMILES string of the molecule is COC1=C=CC=NC=C1. The maximum absolute atomic E-state index is 4.88. The molecule has 2 heteroatoms. The zero-order valence-corrected chi connectivity index (χ0v) is 5.16. The summed E-state index contributed by atoms with van der Waals surface area (Å²) in [4.78, 5) is 3.84. The smallest absolute Gasteiger partial charge is 0.163 e. The van der Waals surface area contributed by atoms with Crippen LogP contribution in [-0.4, -0.2) is 13.3 Å². The summed E-state index contributed by atoms with van der Waals surface area (Å²) in [5.41, 5.74) is 2.86. The first-order valence-electron chi connectivity index (χ1n) is 2.62. The third-order valence-electron chi connectivity index (χ3n) is 0.918. The summed E-state index contributed by atoms with van der Waals surface area (Å²) in [6.45, 7) is 0. The summed E-state index contributed by atoms with van der Waals surface area (Å²) < 4.78 is 4.88. The summed E-state index contributed by atoms with van der Waals surface area (Å²) >= 11 is 0. The first kappa shape index (κ1) is 5.86. The fraction of sp³-hybridized carbons (Fsp3) is 0.143. The molecule has 9 heavy (non-hydrogen) atoms. The van der Waals surface area contributed by atoms with Gasteiger partial charge in [0, 0.05) is 24.6 Å². The van der Waals surface area contributed by atoms with E-state index in [0.717, 1.165) is 0 Å². The molecule has 0 aromatic rings. The summed E-state index contributed by atoms with van der Waals surface area (Å²) in [6.07, 6.45) is 6.77. The highest BCUT2D eigenvalue weighted by Gasteiger charge is 1.84. The van der Waals surface area contributed by atoms with Gasteiger partial charge in [0.05, 0.1) is 7.11 Å². The molecule has 1 aliphatic heterocycles. The predicted octanol–water partition coefficient (Wildman–Crippen LogP) is 1.27. The molecule has 0 saturated heterocycles. The Labute approximate surface area is 53.9 Å². The minimum atomic E-state index is 0.701. The quantitative estimate of drug-likeness (QED) is 0.479. The van der Waals surface area contributed by atoms with Crippen LogP contribution in [0.3, 0.4) is 0 Å². The molecule has 46 valence electrons. The first-order valence-corrected chi connectivity index (χ1v) is 2.62. The van der Waals surface area contributed by atoms with E-state index in [2.05, 4.69) is 10.7 Å². The van der Waals surface area contributed by atoms with Gasteiger partial charge in [-0.1, -0.05) is 5.73 Å². The van der Waals surface area contributed by atoms with E-state index in [4.69, 9.17) is 4.74 Å².